The fourth-order valence-corrected chi connectivity index (χ4v) is 3.90. The highest BCUT2D eigenvalue weighted by Crippen LogP contribution is 2.28. The van der Waals surface area contributed by atoms with E-state index in [1.165, 1.54) is 12.1 Å². The molecule has 0 atom stereocenters. The summed E-state index contributed by atoms with van der Waals surface area (Å²) < 4.78 is 74.8. The largest absolute Gasteiger partial charge is 0.511 e. The van der Waals surface area contributed by atoms with Crippen molar-refractivity contribution in [2.45, 2.75) is 44.5 Å². The number of alkyl halides is 3. The fraction of sp³-hybridized carbons (Fsp3) is 0.588. The second-order valence-electron chi connectivity index (χ2n) is 6.55. The number of aliphatic hydroxyl groups is 1. The quantitative estimate of drug-likeness (QED) is 0.212. The molecule has 0 spiro atoms. The number of aliphatic imine (C=N–C) groups is 1. The highest BCUT2D eigenvalue weighted by Gasteiger charge is 2.50. The van der Waals surface area contributed by atoms with Gasteiger partial charge < -0.3 is 15.7 Å². The molecule has 13 heteroatoms. The number of aliphatic hydroxyl groups excluding tert-OH is 1. The Morgan fingerprint density at radius 3 is 2.47 bits per heavy atom. The predicted molar refractivity (Wildman–Crippen MR) is 115 cm³/mol. The van der Waals surface area contributed by atoms with Gasteiger partial charge >= 0.3 is 15.5 Å². The van der Waals surface area contributed by atoms with Crippen molar-refractivity contribution in [3.63, 3.8) is 0 Å². The molecule has 0 aromatic heterocycles. The highest BCUT2D eigenvalue weighted by atomic mass is 127. The molecule has 1 aromatic carbocycles. The number of rotatable bonds is 6. The molecule has 0 amide bonds. The zero-order chi connectivity index (χ0) is 21.7. The molecule has 1 aliphatic heterocycles. The fourth-order valence-electron chi connectivity index (χ4n) is 2.92. The van der Waals surface area contributed by atoms with E-state index in [1.54, 1.807) is 6.07 Å². The smallest absolute Gasteiger partial charge is 0.392 e. The summed E-state index contributed by atoms with van der Waals surface area (Å²) in [6.45, 7) is 1.68. The van der Waals surface area contributed by atoms with E-state index in [-0.39, 0.29) is 68.1 Å². The number of sulfonamides is 1. The third-order valence-electron chi connectivity index (χ3n) is 4.47. The molecule has 0 aliphatic carbocycles. The number of benzene rings is 1. The van der Waals surface area contributed by atoms with E-state index in [4.69, 9.17) is 5.11 Å². The van der Waals surface area contributed by atoms with Gasteiger partial charge in [-0.15, -0.1) is 24.0 Å². The lowest BCUT2D eigenvalue weighted by atomic mass is 10.1. The van der Waals surface area contributed by atoms with Crippen LogP contribution < -0.4 is 10.6 Å². The zero-order valence-electron chi connectivity index (χ0n) is 16.2. The van der Waals surface area contributed by atoms with E-state index in [0.717, 1.165) is 0 Å². The van der Waals surface area contributed by atoms with Crippen LogP contribution in [0.5, 0.6) is 0 Å². The van der Waals surface area contributed by atoms with Crippen LogP contribution in [0, 0.1) is 5.82 Å². The normalized spacial score (nSPS) is 16.8. The van der Waals surface area contributed by atoms with Gasteiger partial charge in [0.25, 0.3) is 0 Å². The number of hydrogen-bond acceptors (Lipinski definition) is 4. The topological polar surface area (TPSA) is 94.0 Å². The lowest BCUT2D eigenvalue weighted by molar-refractivity contribution is -0.0494. The van der Waals surface area contributed by atoms with Crippen LogP contribution in [0.15, 0.2) is 23.2 Å². The van der Waals surface area contributed by atoms with E-state index in [1.807, 2.05) is 6.92 Å². The van der Waals surface area contributed by atoms with Crippen LogP contribution in [-0.4, -0.2) is 55.0 Å². The van der Waals surface area contributed by atoms with Gasteiger partial charge in [-0.1, -0.05) is 6.07 Å². The summed E-state index contributed by atoms with van der Waals surface area (Å²) in [6, 6.07) is 4.05. The van der Waals surface area contributed by atoms with E-state index in [0.29, 0.717) is 22.4 Å². The molecular weight excluding hydrogens is 543 g/mol. The van der Waals surface area contributed by atoms with E-state index in [9.17, 15) is 26.0 Å². The van der Waals surface area contributed by atoms with Crippen molar-refractivity contribution in [3.8, 4) is 0 Å². The number of nitrogens with zero attached hydrogens (tertiary/aromatic N) is 2. The summed E-state index contributed by atoms with van der Waals surface area (Å²) in [5, 5.41) is 15.2. The Balaban J connectivity index is 0.00000450. The second-order valence-corrected chi connectivity index (χ2v) is 8.48. The van der Waals surface area contributed by atoms with Crippen LogP contribution in [0.25, 0.3) is 0 Å². The number of hydrogen-bond donors (Lipinski definition) is 3. The van der Waals surface area contributed by atoms with Crippen molar-refractivity contribution in [2.24, 2.45) is 4.99 Å². The van der Waals surface area contributed by atoms with E-state index in [2.05, 4.69) is 15.6 Å². The third-order valence-corrected chi connectivity index (χ3v) is 6.10. The van der Waals surface area contributed by atoms with E-state index < -0.39 is 28.0 Å². The summed E-state index contributed by atoms with van der Waals surface area (Å²) in [4.78, 5) is 4.37. The van der Waals surface area contributed by atoms with Crippen molar-refractivity contribution in [1.82, 2.24) is 14.9 Å². The van der Waals surface area contributed by atoms with Gasteiger partial charge in [-0.25, -0.2) is 17.8 Å². The number of halogens is 5. The Hall–Kier alpha value is -1.19. The zero-order valence-corrected chi connectivity index (χ0v) is 19.4. The molecule has 7 nitrogen and oxygen atoms in total. The van der Waals surface area contributed by atoms with Gasteiger partial charge in [-0.2, -0.15) is 17.5 Å². The molecule has 0 bridgehead atoms. The average molecular weight is 568 g/mol. The molecule has 1 fully saturated rings. The summed E-state index contributed by atoms with van der Waals surface area (Å²) in [5.41, 5.74) is -4.46. The average Bonchev–Trinajstić information content (AvgIpc) is 2.67. The Labute approximate surface area is 190 Å². The van der Waals surface area contributed by atoms with Crippen molar-refractivity contribution in [2.75, 3.05) is 19.6 Å². The van der Waals surface area contributed by atoms with Crippen LogP contribution in [0.1, 0.15) is 30.9 Å². The maximum absolute atomic E-state index is 13.5. The van der Waals surface area contributed by atoms with Crippen molar-refractivity contribution in [3.05, 3.63) is 35.1 Å². The van der Waals surface area contributed by atoms with Gasteiger partial charge in [0.15, 0.2) is 5.96 Å². The molecule has 1 heterocycles. The minimum atomic E-state index is -5.31. The lowest BCUT2D eigenvalue weighted by Crippen LogP contribution is -2.51. The molecule has 30 heavy (non-hydrogen) atoms. The number of guanidine groups is 1. The summed E-state index contributed by atoms with van der Waals surface area (Å²) in [5.74, 6) is -0.0923. The first kappa shape index (κ1) is 26.8. The van der Waals surface area contributed by atoms with Crippen LogP contribution in [0.2, 0.25) is 0 Å². The van der Waals surface area contributed by atoms with Gasteiger partial charge in [-0.05, 0) is 37.5 Å². The molecule has 0 radical (unpaired) electrons. The van der Waals surface area contributed by atoms with Crippen LogP contribution >= 0.6 is 24.0 Å². The Morgan fingerprint density at radius 1 is 1.30 bits per heavy atom. The van der Waals surface area contributed by atoms with Gasteiger partial charge in [0.1, 0.15) is 5.82 Å². The molecule has 172 valence electrons. The minimum absolute atomic E-state index is 0. The van der Waals surface area contributed by atoms with Crippen molar-refractivity contribution >= 4 is 40.0 Å². The molecule has 1 aliphatic rings. The Morgan fingerprint density at radius 2 is 1.93 bits per heavy atom. The minimum Gasteiger partial charge on any atom is -0.392 e. The first-order chi connectivity index (χ1) is 13.6. The predicted octanol–water partition coefficient (Wildman–Crippen LogP) is 2.31. The van der Waals surface area contributed by atoms with Crippen LogP contribution in [0.4, 0.5) is 17.6 Å². The third kappa shape index (κ3) is 6.92. The van der Waals surface area contributed by atoms with Gasteiger partial charge in [-0.3, -0.25) is 0 Å². The molecule has 3 N–H and O–H groups in total. The monoisotopic (exact) mass is 568 g/mol. The van der Waals surface area contributed by atoms with Gasteiger partial charge in [0.05, 0.1) is 13.2 Å². The molecule has 2 rings (SSSR count). The highest BCUT2D eigenvalue weighted by molar-refractivity contribution is 14.0. The maximum Gasteiger partial charge on any atom is 0.511 e. The number of piperidine rings is 1. The summed E-state index contributed by atoms with van der Waals surface area (Å²) >= 11 is 0. The standard InChI is InChI=1S/C17H24F4N4O3S.HI/c1-2-22-16(23-10-12-3-4-15(18)13(9-12)11-26)24-14-5-7-25(8-6-14)29(27,28)17(19,20)21;/h3-4,9,14,26H,2,5-8,10-11H2,1H3,(H2,22,23,24);1H. The first-order valence-electron chi connectivity index (χ1n) is 9.08. The van der Waals surface area contributed by atoms with Crippen molar-refractivity contribution in [1.29, 1.82) is 0 Å². The molecule has 1 aromatic rings. The number of nitrogens with one attached hydrogen (secondary N) is 2. The van der Waals surface area contributed by atoms with Crippen LogP contribution in [-0.2, 0) is 23.2 Å². The molecule has 0 saturated carbocycles. The Kier molecular flexibility index (Phi) is 10.2. The van der Waals surface area contributed by atoms with Crippen molar-refractivity contribution < 1.29 is 31.1 Å². The summed E-state index contributed by atoms with van der Waals surface area (Å²) in [7, 11) is -5.31. The molecular formula is C17H25F4IN4O3S. The van der Waals surface area contributed by atoms with E-state index >= 15 is 0 Å². The van der Waals surface area contributed by atoms with Crippen LogP contribution in [0.3, 0.4) is 0 Å². The second kappa shape index (κ2) is 11.4. The van der Waals surface area contributed by atoms with Gasteiger partial charge in [0, 0.05) is 31.2 Å². The first-order valence-corrected chi connectivity index (χ1v) is 10.5. The maximum atomic E-state index is 13.5. The lowest BCUT2D eigenvalue weighted by Gasteiger charge is -2.32. The SMILES string of the molecule is CCNC(=NCc1ccc(F)c(CO)c1)NC1CCN(S(=O)(=O)C(F)(F)F)CC1.I. The Bertz CT molecular complexity index is 829. The van der Waals surface area contributed by atoms with Gasteiger partial charge in [0.2, 0.25) is 0 Å². The molecule has 0 unspecified atom stereocenters. The summed E-state index contributed by atoms with van der Waals surface area (Å²) in [6.07, 6.45) is 0.399. The molecule has 1 saturated heterocycles.